The monoisotopic (exact) mass is 347 g/mol. The highest BCUT2D eigenvalue weighted by atomic mass is 32.2. The molecule has 1 heterocycles. The number of aliphatic carboxylic acids is 2. The SMILES string of the molecule is C=CS(=O)NC(CNCCC(=O)O)C(=O)O.O=C1C=CC(=O)N1. The highest BCUT2D eigenvalue weighted by molar-refractivity contribution is 7.86. The van der Waals surface area contributed by atoms with Gasteiger partial charge < -0.3 is 15.5 Å². The van der Waals surface area contributed by atoms with Gasteiger partial charge in [0.15, 0.2) is 0 Å². The molecule has 1 aliphatic rings. The normalized spacial score (nSPS) is 15.1. The van der Waals surface area contributed by atoms with Crippen molar-refractivity contribution in [3.8, 4) is 0 Å². The molecule has 0 radical (unpaired) electrons. The Bertz CT molecular complexity index is 517. The third-order valence-electron chi connectivity index (χ3n) is 2.20. The Morgan fingerprint density at radius 1 is 1.30 bits per heavy atom. The molecule has 1 aliphatic heterocycles. The topological polar surface area (TPSA) is 162 Å². The zero-order valence-electron chi connectivity index (χ0n) is 12.0. The summed E-state index contributed by atoms with van der Waals surface area (Å²) in [5.41, 5.74) is 0. The fourth-order valence-electron chi connectivity index (χ4n) is 1.17. The maximum atomic E-state index is 11.0. The molecule has 0 spiro atoms. The van der Waals surface area contributed by atoms with Crippen LogP contribution in [0.4, 0.5) is 0 Å². The zero-order valence-corrected chi connectivity index (χ0v) is 12.8. The minimum atomic E-state index is -1.62. The van der Waals surface area contributed by atoms with Crippen LogP contribution in [-0.4, -0.2) is 57.3 Å². The van der Waals surface area contributed by atoms with Crippen LogP contribution in [0.25, 0.3) is 0 Å². The number of imide groups is 1. The van der Waals surface area contributed by atoms with Gasteiger partial charge in [-0.25, -0.2) is 8.93 Å². The Balaban J connectivity index is 0.000000568. The molecule has 0 saturated heterocycles. The van der Waals surface area contributed by atoms with Crippen LogP contribution < -0.4 is 15.4 Å². The summed E-state index contributed by atoms with van der Waals surface area (Å²) in [5, 5.41) is 22.8. The Kier molecular flexibility index (Phi) is 10.1. The molecule has 2 amide bonds. The zero-order chi connectivity index (χ0) is 17.8. The number of carbonyl (C=O) groups excluding carboxylic acids is 2. The first kappa shape index (κ1) is 20.6. The van der Waals surface area contributed by atoms with Gasteiger partial charge in [0.2, 0.25) is 0 Å². The fraction of sp³-hybridized carbons (Fsp3) is 0.333. The van der Waals surface area contributed by atoms with E-state index in [2.05, 4.69) is 16.6 Å². The maximum absolute atomic E-state index is 11.0. The Labute approximate surface area is 134 Å². The second-order valence-corrected chi connectivity index (χ2v) is 5.17. The van der Waals surface area contributed by atoms with Crippen LogP contribution in [0.1, 0.15) is 6.42 Å². The number of hydrogen-bond acceptors (Lipinski definition) is 6. The van der Waals surface area contributed by atoms with E-state index in [1.54, 1.807) is 0 Å². The van der Waals surface area contributed by atoms with Gasteiger partial charge in [0.25, 0.3) is 11.8 Å². The lowest BCUT2D eigenvalue weighted by Gasteiger charge is -2.12. The van der Waals surface area contributed by atoms with E-state index in [0.29, 0.717) is 0 Å². The van der Waals surface area contributed by atoms with Crippen LogP contribution in [0, 0.1) is 0 Å². The number of carboxylic acids is 2. The molecule has 10 nitrogen and oxygen atoms in total. The number of carboxylic acid groups (broad SMARTS) is 2. The van der Waals surface area contributed by atoms with E-state index in [9.17, 15) is 23.4 Å². The van der Waals surface area contributed by atoms with E-state index < -0.39 is 29.0 Å². The van der Waals surface area contributed by atoms with Crippen LogP contribution in [-0.2, 0) is 30.2 Å². The van der Waals surface area contributed by atoms with Crippen molar-refractivity contribution in [2.24, 2.45) is 0 Å². The standard InChI is InChI=1S/C8H14N2O5S.C4H3NO2/c1-2-16(15)10-6(8(13)14)5-9-4-3-7(11)12;6-3-1-2-4(7)5-3/h2,6,9-10H,1,3-5H2,(H,11,12)(H,13,14);1-2H,(H,5,6,7). The molecular formula is C12H17N3O7S. The van der Waals surface area contributed by atoms with E-state index in [0.717, 1.165) is 5.41 Å². The average Bonchev–Trinajstić information content (AvgIpc) is 2.85. The molecule has 11 heteroatoms. The van der Waals surface area contributed by atoms with Crippen LogP contribution in [0.3, 0.4) is 0 Å². The summed E-state index contributed by atoms with van der Waals surface area (Å²) in [6.45, 7) is 3.38. The lowest BCUT2D eigenvalue weighted by Crippen LogP contribution is -2.45. The molecule has 23 heavy (non-hydrogen) atoms. The quantitative estimate of drug-likeness (QED) is 0.239. The number of carbonyl (C=O) groups is 4. The first-order chi connectivity index (χ1) is 10.8. The molecular weight excluding hydrogens is 330 g/mol. The maximum Gasteiger partial charge on any atom is 0.322 e. The second kappa shape index (κ2) is 11.2. The number of nitrogens with one attached hydrogen (secondary N) is 3. The molecule has 0 saturated carbocycles. The number of rotatable bonds is 9. The van der Waals surface area contributed by atoms with Crippen LogP contribution in [0.2, 0.25) is 0 Å². The number of amides is 2. The molecule has 2 unspecified atom stereocenters. The summed E-state index contributed by atoms with van der Waals surface area (Å²) >= 11 is 0. The van der Waals surface area contributed by atoms with E-state index in [4.69, 9.17) is 10.2 Å². The van der Waals surface area contributed by atoms with Gasteiger partial charge in [-0.3, -0.25) is 24.5 Å². The summed E-state index contributed by atoms with van der Waals surface area (Å²) in [5.74, 6) is -2.80. The van der Waals surface area contributed by atoms with E-state index in [-0.39, 0.29) is 31.3 Å². The van der Waals surface area contributed by atoms with Gasteiger partial charge in [-0.2, -0.15) is 0 Å². The summed E-state index contributed by atoms with van der Waals surface area (Å²) in [4.78, 5) is 40.9. The van der Waals surface area contributed by atoms with Crippen molar-refractivity contribution in [1.29, 1.82) is 0 Å². The highest BCUT2D eigenvalue weighted by Crippen LogP contribution is 1.87. The average molecular weight is 347 g/mol. The van der Waals surface area contributed by atoms with Crippen LogP contribution in [0.5, 0.6) is 0 Å². The first-order valence-electron chi connectivity index (χ1n) is 6.24. The van der Waals surface area contributed by atoms with Gasteiger partial charge in [-0.1, -0.05) is 6.58 Å². The van der Waals surface area contributed by atoms with Gasteiger partial charge >= 0.3 is 11.9 Å². The summed E-state index contributed by atoms with van der Waals surface area (Å²) in [7, 11) is -1.62. The molecule has 0 aliphatic carbocycles. The van der Waals surface area contributed by atoms with E-state index in [1.807, 2.05) is 5.32 Å². The van der Waals surface area contributed by atoms with Gasteiger partial charge in [0, 0.05) is 30.6 Å². The summed E-state index contributed by atoms with van der Waals surface area (Å²) < 4.78 is 13.3. The predicted molar refractivity (Wildman–Crippen MR) is 80.3 cm³/mol. The summed E-state index contributed by atoms with van der Waals surface area (Å²) in [6.07, 6.45) is 2.29. The molecule has 0 aromatic carbocycles. The Morgan fingerprint density at radius 3 is 2.22 bits per heavy atom. The predicted octanol–water partition coefficient (Wildman–Crippen LogP) is -1.90. The minimum absolute atomic E-state index is 0.0117. The summed E-state index contributed by atoms with van der Waals surface area (Å²) in [6, 6.07) is -1.05. The fourth-order valence-corrected chi connectivity index (χ4v) is 1.73. The Morgan fingerprint density at radius 2 is 1.87 bits per heavy atom. The third kappa shape index (κ3) is 10.9. The highest BCUT2D eigenvalue weighted by Gasteiger charge is 2.18. The third-order valence-corrected chi connectivity index (χ3v) is 3.02. The van der Waals surface area contributed by atoms with Crippen molar-refractivity contribution >= 4 is 34.7 Å². The molecule has 2 atom stereocenters. The van der Waals surface area contributed by atoms with Crippen molar-refractivity contribution in [3.05, 3.63) is 24.1 Å². The van der Waals surface area contributed by atoms with Gasteiger partial charge in [-0.05, 0) is 0 Å². The van der Waals surface area contributed by atoms with E-state index in [1.165, 1.54) is 12.2 Å². The van der Waals surface area contributed by atoms with Crippen molar-refractivity contribution in [2.45, 2.75) is 12.5 Å². The van der Waals surface area contributed by atoms with Crippen molar-refractivity contribution in [3.63, 3.8) is 0 Å². The molecule has 0 aromatic rings. The first-order valence-corrected chi connectivity index (χ1v) is 7.45. The minimum Gasteiger partial charge on any atom is -0.481 e. The second-order valence-electron chi connectivity index (χ2n) is 4.01. The van der Waals surface area contributed by atoms with Crippen molar-refractivity contribution in [1.82, 2.24) is 15.4 Å². The van der Waals surface area contributed by atoms with Gasteiger partial charge in [0.1, 0.15) is 17.0 Å². The van der Waals surface area contributed by atoms with Gasteiger partial charge in [0.05, 0.1) is 6.42 Å². The van der Waals surface area contributed by atoms with Crippen molar-refractivity contribution < 1.29 is 33.6 Å². The van der Waals surface area contributed by atoms with Crippen molar-refractivity contribution in [2.75, 3.05) is 13.1 Å². The lowest BCUT2D eigenvalue weighted by atomic mass is 10.3. The molecule has 0 fully saturated rings. The van der Waals surface area contributed by atoms with Crippen LogP contribution >= 0.6 is 0 Å². The van der Waals surface area contributed by atoms with Gasteiger partial charge in [-0.15, -0.1) is 0 Å². The molecule has 1 rings (SSSR count). The molecule has 0 aromatic heterocycles. The molecule has 128 valence electrons. The van der Waals surface area contributed by atoms with E-state index >= 15 is 0 Å². The smallest absolute Gasteiger partial charge is 0.322 e. The van der Waals surface area contributed by atoms with Crippen LogP contribution in [0.15, 0.2) is 24.1 Å². The lowest BCUT2D eigenvalue weighted by molar-refractivity contribution is -0.138. The number of hydrogen-bond donors (Lipinski definition) is 5. The molecule has 0 bridgehead atoms. The molecule has 5 N–H and O–H groups in total. The Hall–Kier alpha value is -2.37. The largest absolute Gasteiger partial charge is 0.481 e.